The lowest BCUT2D eigenvalue weighted by Crippen LogP contribution is -2.38. The average molecular weight is 484 g/mol. The van der Waals surface area contributed by atoms with Gasteiger partial charge in [0.05, 0.1) is 50.5 Å². The molecule has 1 fully saturated rings. The van der Waals surface area contributed by atoms with E-state index in [9.17, 15) is 9.59 Å². The van der Waals surface area contributed by atoms with Gasteiger partial charge in [0.1, 0.15) is 12.4 Å². The second-order valence-corrected chi connectivity index (χ2v) is 8.17. The van der Waals surface area contributed by atoms with E-state index < -0.39 is 0 Å². The van der Waals surface area contributed by atoms with Gasteiger partial charge in [-0.3, -0.25) is 9.59 Å². The van der Waals surface area contributed by atoms with Crippen LogP contribution in [0.1, 0.15) is 19.8 Å². The number of carbonyl (C=O) groups excluding carboxylic acids is 1. The van der Waals surface area contributed by atoms with Gasteiger partial charge in [-0.2, -0.15) is 0 Å². The van der Waals surface area contributed by atoms with Crippen LogP contribution in [0.3, 0.4) is 0 Å². The Hall–Kier alpha value is -3.72. The summed E-state index contributed by atoms with van der Waals surface area (Å²) >= 11 is 0. The molecule has 0 radical (unpaired) electrons. The monoisotopic (exact) mass is 483 g/mol. The Labute approximate surface area is 202 Å². The number of hydrogen-bond donors (Lipinski definition) is 1. The van der Waals surface area contributed by atoms with Crippen molar-refractivity contribution in [3.63, 3.8) is 0 Å². The van der Waals surface area contributed by atoms with Crippen molar-refractivity contribution in [1.29, 1.82) is 0 Å². The summed E-state index contributed by atoms with van der Waals surface area (Å²) < 4.78 is 33.7. The van der Waals surface area contributed by atoms with E-state index in [1.165, 1.54) is 20.3 Å². The molecule has 3 aromatic rings. The number of para-hydroxylation sites is 1. The Morgan fingerprint density at radius 1 is 1.09 bits per heavy atom. The molecule has 9 heteroatoms. The van der Waals surface area contributed by atoms with Gasteiger partial charge in [-0.05, 0) is 44.0 Å². The molecule has 1 aromatic heterocycles. The molecule has 0 aliphatic heterocycles. The number of fused-ring (bicyclic) bond motifs is 1. The number of esters is 1. The maximum Gasteiger partial charge on any atom is 0.309 e. The molecule has 0 unspecified atom stereocenters. The van der Waals surface area contributed by atoms with Crippen LogP contribution in [-0.4, -0.2) is 46.1 Å². The molecule has 0 bridgehead atoms. The minimum Gasteiger partial charge on any atom is -0.493 e. The van der Waals surface area contributed by atoms with Crippen LogP contribution in [-0.2, 0) is 14.3 Å². The lowest BCUT2D eigenvalue weighted by atomic mass is 9.82. The number of ether oxygens (including phenoxy) is 5. The molecule has 4 rings (SSSR count). The molecule has 0 atom stereocenters. The quantitative estimate of drug-likeness (QED) is 0.261. The van der Waals surface area contributed by atoms with Crippen molar-refractivity contribution in [2.45, 2.75) is 25.9 Å². The highest BCUT2D eigenvalue weighted by atomic mass is 16.6. The molecule has 1 aliphatic rings. The van der Waals surface area contributed by atoms with Crippen molar-refractivity contribution in [3.8, 4) is 28.6 Å². The Morgan fingerprint density at radius 2 is 1.86 bits per heavy atom. The van der Waals surface area contributed by atoms with E-state index in [4.69, 9.17) is 33.8 Å². The number of nitrogen functional groups attached to an aromatic ring is 1. The van der Waals surface area contributed by atoms with Gasteiger partial charge < -0.3 is 33.8 Å². The van der Waals surface area contributed by atoms with Gasteiger partial charge >= 0.3 is 5.97 Å². The fraction of sp³-hybridized carbons (Fsp3) is 0.385. The maximum absolute atomic E-state index is 12.6. The number of anilines is 1. The van der Waals surface area contributed by atoms with Crippen LogP contribution in [0, 0.1) is 5.92 Å². The van der Waals surface area contributed by atoms with Crippen LogP contribution in [0.5, 0.6) is 17.2 Å². The first-order valence-corrected chi connectivity index (χ1v) is 11.4. The SMILES string of the molecule is CCOC(=O)C1CC(OCCOc2cc(-c3cc(=O)c4cccc(N)c4o3)cc(OC)c2OC)C1. The molecular formula is C26H29NO8. The van der Waals surface area contributed by atoms with Crippen LogP contribution in [0.15, 0.2) is 45.6 Å². The zero-order valence-corrected chi connectivity index (χ0v) is 20.0. The molecule has 9 nitrogen and oxygen atoms in total. The Kier molecular flexibility index (Phi) is 7.45. The number of hydrogen-bond acceptors (Lipinski definition) is 9. The zero-order valence-electron chi connectivity index (χ0n) is 20.0. The standard InChI is InChI=1S/C26H29NO8/c1-4-32-26(29)16-10-17(11-16)33-8-9-34-23-13-15(12-22(30-2)25(23)31-3)21-14-20(28)18-6-5-7-19(27)24(18)35-21/h5-7,12-14,16-17H,4,8-11,27H2,1-3H3. The first-order chi connectivity index (χ1) is 16.9. The smallest absolute Gasteiger partial charge is 0.309 e. The summed E-state index contributed by atoms with van der Waals surface area (Å²) in [5.74, 6) is 1.30. The van der Waals surface area contributed by atoms with Crippen molar-refractivity contribution < 1.29 is 32.9 Å². The predicted octanol–water partition coefficient (Wildman–Crippen LogP) is 3.80. The Balaban J connectivity index is 1.49. The highest BCUT2D eigenvalue weighted by molar-refractivity contribution is 5.88. The summed E-state index contributed by atoms with van der Waals surface area (Å²) in [5, 5.41) is 0.407. The molecule has 186 valence electrons. The van der Waals surface area contributed by atoms with Gasteiger partial charge in [0.25, 0.3) is 0 Å². The summed E-state index contributed by atoms with van der Waals surface area (Å²) in [4.78, 5) is 24.4. The van der Waals surface area contributed by atoms with Crippen molar-refractivity contribution in [1.82, 2.24) is 0 Å². The minimum atomic E-state index is -0.208. The summed E-state index contributed by atoms with van der Waals surface area (Å²) in [6.07, 6.45) is 1.30. The summed E-state index contributed by atoms with van der Waals surface area (Å²) in [6.45, 7) is 2.76. The average Bonchev–Trinajstić information content (AvgIpc) is 2.82. The van der Waals surface area contributed by atoms with Crippen molar-refractivity contribution in [2.75, 3.05) is 39.8 Å². The summed E-state index contributed by atoms with van der Waals surface area (Å²) in [6, 6.07) is 9.88. The molecule has 1 aliphatic carbocycles. The number of rotatable bonds is 10. The van der Waals surface area contributed by atoms with E-state index in [1.807, 2.05) is 0 Å². The molecular weight excluding hydrogens is 454 g/mol. The van der Waals surface area contributed by atoms with Gasteiger partial charge in [-0.15, -0.1) is 0 Å². The number of carbonyl (C=O) groups is 1. The van der Waals surface area contributed by atoms with Crippen LogP contribution in [0.2, 0.25) is 0 Å². The fourth-order valence-corrected chi connectivity index (χ4v) is 4.04. The molecule has 0 amide bonds. The Bertz CT molecular complexity index is 1260. The van der Waals surface area contributed by atoms with Crippen LogP contribution in [0.4, 0.5) is 5.69 Å². The fourth-order valence-electron chi connectivity index (χ4n) is 4.04. The van der Waals surface area contributed by atoms with E-state index in [2.05, 4.69) is 0 Å². The second kappa shape index (κ2) is 10.7. The van der Waals surface area contributed by atoms with E-state index in [-0.39, 0.29) is 30.0 Å². The highest BCUT2D eigenvalue weighted by Gasteiger charge is 2.36. The number of benzene rings is 2. The van der Waals surface area contributed by atoms with Gasteiger partial charge in [-0.1, -0.05) is 6.07 Å². The topological polar surface area (TPSA) is 119 Å². The highest BCUT2D eigenvalue weighted by Crippen LogP contribution is 2.42. The first kappa shape index (κ1) is 24.4. The third-order valence-corrected chi connectivity index (χ3v) is 5.92. The summed E-state index contributed by atoms with van der Waals surface area (Å²) in [5.41, 5.74) is 7.08. The van der Waals surface area contributed by atoms with Crippen molar-refractivity contribution in [2.24, 2.45) is 5.92 Å². The van der Waals surface area contributed by atoms with E-state index >= 15 is 0 Å². The lowest BCUT2D eigenvalue weighted by molar-refractivity contribution is -0.157. The van der Waals surface area contributed by atoms with Crippen molar-refractivity contribution >= 4 is 22.6 Å². The van der Waals surface area contributed by atoms with E-state index in [0.29, 0.717) is 71.3 Å². The maximum atomic E-state index is 12.6. The second-order valence-electron chi connectivity index (χ2n) is 8.17. The molecule has 2 aromatic carbocycles. The van der Waals surface area contributed by atoms with Gasteiger partial charge in [0.15, 0.2) is 22.5 Å². The van der Waals surface area contributed by atoms with Crippen molar-refractivity contribution in [3.05, 3.63) is 46.6 Å². The minimum absolute atomic E-state index is 0.00751. The molecule has 0 saturated heterocycles. The van der Waals surface area contributed by atoms with Crippen LogP contribution >= 0.6 is 0 Å². The molecule has 0 spiro atoms. The van der Waals surface area contributed by atoms with Gasteiger partial charge in [0, 0.05) is 11.6 Å². The first-order valence-electron chi connectivity index (χ1n) is 11.4. The van der Waals surface area contributed by atoms with Gasteiger partial charge in [-0.25, -0.2) is 0 Å². The zero-order chi connectivity index (χ0) is 24.9. The van der Waals surface area contributed by atoms with E-state index in [1.54, 1.807) is 37.3 Å². The molecule has 2 N–H and O–H groups in total. The van der Waals surface area contributed by atoms with E-state index in [0.717, 1.165) is 0 Å². The molecule has 1 saturated carbocycles. The Morgan fingerprint density at radius 3 is 2.57 bits per heavy atom. The predicted molar refractivity (Wildman–Crippen MR) is 130 cm³/mol. The number of methoxy groups -OCH3 is 2. The third-order valence-electron chi connectivity index (χ3n) is 5.92. The molecule has 1 heterocycles. The molecule has 35 heavy (non-hydrogen) atoms. The lowest BCUT2D eigenvalue weighted by Gasteiger charge is -2.33. The number of nitrogens with two attached hydrogens (primary N) is 1. The largest absolute Gasteiger partial charge is 0.493 e. The summed E-state index contributed by atoms with van der Waals surface area (Å²) in [7, 11) is 3.03. The van der Waals surface area contributed by atoms with Crippen LogP contribution < -0.4 is 25.4 Å². The normalized spacial score (nSPS) is 17.0. The van der Waals surface area contributed by atoms with Crippen LogP contribution in [0.25, 0.3) is 22.3 Å². The van der Waals surface area contributed by atoms with Gasteiger partial charge in [0.2, 0.25) is 5.75 Å². The third kappa shape index (κ3) is 5.19.